The Kier molecular flexibility index (Phi) is 5.04. The highest BCUT2D eigenvalue weighted by Gasteiger charge is 2.42. The smallest absolute Gasteiger partial charge is 0.401 e. The molecule has 0 fully saturated rings. The molecule has 2 N–H and O–H groups in total. The summed E-state index contributed by atoms with van der Waals surface area (Å²) in [4.78, 5) is -0.630. The maximum atomic E-state index is 12.6. The fraction of sp³-hybridized carbons (Fsp3) is 0.417. The third kappa shape index (κ3) is 4.24. The predicted octanol–water partition coefficient (Wildman–Crippen LogP) is 3.80. The maximum absolute atomic E-state index is 12.6. The summed E-state index contributed by atoms with van der Waals surface area (Å²) in [5.74, 6) is -1.65. The Hall–Kier alpha value is -1.01. The minimum atomic E-state index is -4.51. The quantitative estimate of drug-likeness (QED) is 0.859. The van der Waals surface area contributed by atoms with Crippen molar-refractivity contribution >= 4 is 28.8 Å². The van der Waals surface area contributed by atoms with Crippen LogP contribution in [0, 0.1) is 19.8 Å². The summed E-state index contributed by atoms with van der Waals surface area (Å²) in [6.45, 7) is 2.85. The first kappa shape index (κ1) is 16.0. The van der Waals surface area contributed by atoms with Gasteiger partial charge in [-0.2, -0.15) is 13.2 Å². The van der Waals surface area contributed by atoms with E-state index in [1.165, 1.54) is 0 Å². The minimum Gasteiger partial charge on any atom is -0.492 e. The highest BCUT2D eigenvalue weighted by Crippen LogP contribution is 2.29. The Labute approximate surface area is 119 Å². The molecule has 19 heavy (non-hydrogen) atoms. The molecule has 0 bridgehead atoms. The Morgan fingerprint density at radius 2 is 1.84 bits per heavy atom. The number of benzene rings is 1. The predicted molar refractivity (Wildman–Crippen MR) is 72.8 cm³/mol. The average Bonchev–Trinajstić information content (AvgIpc) is 2.23. The second kappa shape index (κ2) is 5.96. The lowest BCUT2D eigenvalue weighted by atomic mass is 10.1. The van der Waals surface area contributed by atoms with Crippen LogP contribution in [0.1, 0.15) is 11.1 Å². The summed E-state index contributed by atoms with van der Waals surface area (Å²) in [5, 5.41) is 0.564. The van der Waals surface area contributed by atoms with Crippen LogP contribution in [0.3, 0.4) is 0 Å². The lowest BCUT2D eigenvalue weighted by molar-refractivity contribution is -0.161. The van der Waals surface area contributed by atoms with E-state index in [0.717, 1.165) is 11.1 Å². The van der Waals surface area contributed by atoms with E-state index >= 15 is 0 Å². The molecule has 1 atom stereocenters. The van der Waals surface area contributed by atoms with Gasteiger partial charge in [0.1, 0.15) is 18.3 Å². The molecule has 2 nitrogen and oxygen atoms in total. The molecule has 1 unspecified atom stereocenters. The molecule has 7 heteroatoms. The van der Waals surface area contributed by atoms with Gasteiger partial charge in [-0.15, -0.1) is 0 Å². The number of halogens is 4. The summed E-state index contributed by atoms with van der Waals surface area (Å²) in [7, 11) is 0. The number of hydrogen-bond acceptors (Lipinski definition) is 2. The number of aryl methyl sites for hydroxylation is 2. The van der Waals surface area contributed by atoms with E-state index in [4.69, 9.17) is 22.1 Å². The van der Waals surface area contributed by atoms with Gasteiger partial charge in [-0.25, -0.2) is 0 Å². The largest absolute Gasteiger partial charge is 0.492 e. The Balaban J connectivity index is 2.84. The standard InChI is InChI=1S/C12H13ClF3NOS/c1-6-3-8(4-7(2)10(6)13)18-5-9(11(17)19)12(14,15)16/h3-4,9H,5H2,1-2H3,(H2,17,19). The van der Waals surface area contributed by atoms with Crippen molar-refractivity contribution in [3.8, 4) is 5.75 Å². The van der Waals surface area contributed by atoms with E-state index in [9.17, 15) is 13.2 Å². The van der Waals surface area contributed by atoms with Crippen molar-refractivity contribution in [2.45, 2.75) is 20.0 Å². The molecule has 0 aromatic heterocycles. The van der Waals surface area contributed by atoms with E-state index in [1.807, 2.05) is 0 Å². The number of hydrogen-bond donors (Lipinski definition) is 1. The van der Waals surface area contributed by atoms with Gasteiger partial charge in [-0.05, 0) is 37.1 Å². The zero-order valence-corrected chi connectivity index (χ0v) is 11.9. The van der Waals surface area contributed by atoms with Gasteiger partial charge in [0.15, 0.2) is 0 Å². The van der Waals surface area contributed by atoms with Crippen LogP contribution < -0.4 is 10.5 Å². The molecule has 0 aliphatic heterocycles. The monoisotopic (exact) mass is 311 g/mol. The van der Waals surface area contributed by atoms with Gasteiger partial charge < -0.3 is 10.5 Å². The maximum Gasteiger partial charge on any atom is 0.401 e. The number of ether oxygens (including phenoxy) is 1. The highest BCUT2D eigenvalue weighted by atomic mass is 35.5. The van der Waals surface area contributed by atoms with Crippen molar-refractivity contribution in [2.75, 3.05) is 6.61 Å². The van der Waals surface area contributed by atoms with E-state index in [0.29, 0.717) is 10.8 Å². The molecule has 1 aromatic rings. The van der Waals surface area contributed by atoms with Crippen LogP contribution in [0.4, 0.5) is 13.2 Å². The van der Waals surface area contributed by atoms with Gasteiger partial charge >= 0.3 is 6.18 Å². The van der Waals surface area contributed by atoms with Gasteiger partial charge in [0.2, 0.25) is 0 Å². The molecule has 0 aliphatic carbocycles. The van der Waals surface area contributed by atoms with Crippen LogP contribution in [-0.2, 0) is 0 Å². The first-order valence-corrected chi connectivity index (χ1v) is 6.17. The van der Waals surface area contributed by atoms with Crippen LogP contribution in [-0.4, -0.2) is 17.8 Å². The van der Waals surface area contributed by atoms with Crippen molar-refractivity contribution in [2.24, 2.45) is 11.7 Å². The number of nitrogens with two attached hydrogens (primary N) is 1. The van der Waals surface area contributed by atoms with Crippen molar-refractivity contribution in [3.05, 3.63) is 28.3 Å². The van der Waals surface area contributed by atoms with Gasteiger partial charge in [-0.3, -0.25) is 0 Å². The Morgan fingerprint density at radius 1 is 1.37 bits per heavy atom. The molecular formula is C12H13ClF3NOS. The summed E-state index contributed by atoms with van der Waals surface area (Å²) in [6, 6.07) is 3.14. The van der Waals surface area contributed by atoms with Crippen LogP contribution in [0.2, 0.25) is 5.02 Å². The lowest BCUT2D eigenvalue weighted by Gasteiger charge is -2.19. The normalized spacial score (nSPS) is 13.2. The number of rotatable bonds is 4. The van der Waals surface area contributed by atoms with E-state index in [1.54, 1.807) is 26.0 Å². The molecule has 1 rings (SSSR count). The third-order valence-electron chi connectivity index (χ3n) is 2.57. The second-order valence-corrected chi connectivity index (χ2v) is 5.03. The second-order valence-electron chi connectivity index (χ2n) is 4.18. The molecule has 0 aliphatic rings. The van der Waals surface area contributed by atoms with Crippen molar-refractivity contribution in [3.63, 3.8) is 0 Å². The van der Waals surface area contributed by atoms with Crippen LogP contribution >= 0.6 is 23.8 Å². The molecule has 0 amide bonds. The van der Waals surface area contributed by atoms with Crippen LogP contribution in [0.5, 0.6) is 5.75 Å². The van der Waals surface area contributed by atoms with Gasteiger partial charge in [0, 0.05) is 5.02 Å². The van der Waals surface area contributed by atoms with Crippen molar-refractivity contribution in [1.29, 1.82) is 0 Å². The Morgan fingerprint density at radius 3 is 2.21 bits per heavy atom. The highest BCUT2D eigenvalue weighted by molar-refractivity contribution is 7.80. The molecule has 0 saturated heterocycles. The van der Waals surface area contributed by atoms with Crippen molar-refractivity contribution in [1.82, 2.24) is 0 Å². The average molecular weight is 312 g/mol. The fourth-order valence-electron chi connectivity index (χ4n) is 1.51. The summed E-state index contributed by atoms with van der Waals surface area (Å²) in [6.07, 6.45) is -4.51. The molecule has 0 saturated carbocycles. The van der Waals surface area contributed by atoms with Crippen LogP contribution in [0.15, 0.2) is 12.1 Å². The van der Waals surface area contributed by atoms with Crippen LogP contribution in [0.25, 0.3) is 0 Å². The molecule has 0 radical (unpaired) electrons. The molecule has 0 spiro atoms. The van der Waals surface area contributed by atoms with Gasteiger partial charge in [0.05, 0.1) is 4.99 Å². The van der Waals surface area contributed by atoms with E-state index in [2.05, 4.69) is 12.2 Å². The topological polar surface area (TPSA) is 35.2 Å². The van der Waals surface area contributed by atoms with Gasteiger partial charge in [-0.1, -0.05) is 23.8 Å². The zero-order chi connectivity index (χ0) is 14.8. The third-order valence-corrected chi connectivity index (χ3v) is 3.45. The van der Waals surface area contributed by atoms with Crippen molar-refractivity contribution < 1.29 is 17.9 Å². The Bertz CT molecular complexity index is 467. The van der Waals surface area contributed by atoms with Gasteiger partial charge in [0.25, 0.3) is 0 Å². The number of alkyl halides is 3. The molecule has 1 aromatic carbocycles. The first-order chi connectivity index (χ1) is 8.62. The fourth-order valence-corrected chi connectivity index (χ4v) is 1.82. The molecule has 106 valence electrons. The summed E-state index contributed by atoms with van der Waals surface area (Å²) < 4.78 is 43.0. The minimum absolute atomic E-state index is 0.310. The SMILES string of the molecule is Cc1cc(OCC(C(N)=S)C(F)(F)F)cc(C)c1Cl. The molecular weight excluding hydrogens is 299 g/mol. The number of thiocarbonyl (C=S) groups is 1. The molecule has 0 heterocycles. The first-order valence-electron chi connectivity index (χ1n) is 5.38. The summed E-state index contributed by atoms with van der Waals surface area (Å²) >= 11 is 10.4. The van der Waals surface area contributed by atoms with E-state index in [-0.39, 0.29) is 0 Å². The summed E-state index contributed by atoms with van der Waals surface area (Å²) in [5.41, 5.74) is 6.55. The lowest BCUT2D eigenvalue weighted by Crippen LogP contribution is -2.38. The zero-order valence-electron chi connectivity index (χ0n) is 10.3. The van der Waals surface area contributed by atoms with E-state index < -0.39 is 23.7 Å².